The van der Waals surface area contributed by atoms with Crippen LogP contribution in [0.1, 0.15) is 19.3 Å². The van der Waals surface area contributed by atoms with Gasteiger partial charge >= 0.3 is 11.9 Å². The van der Waals surface area contributed by atoms with Gasteiger partial charge in [0.2, 0.25) is 0 Å². The quantitative estimate of drug-likeness (QED) is 0.719. The summed E-state index contributed by atoms with van der Waals surface area (Å²) in [5.74, 6) is -2.70. The molecule has 0 heterocycles. The van der Waals surface area contributed by atoms with Gasteiger partial charge in [0.15, 0.2) is 4.87 Å². The number of alkyl halides is 2. The van der Waals surface area contributed by atoms with E-state index in [9.17, 15) is 9.59 Å². The minimum absolute atomic E-state index is 0.0923. The minimum atomic E-state index is -1.51. The van der Waals surface area contributed by atoms with E-state index in [0.717, 1.165) is 0 Å². The van der Waals surface area contributed by atoms with Crippen molar-refractivity contribution in [1.82, 2.24) is 0 Å². The topological polar surface area (TPSA) is 74.6 Å². The van der Waals surface area contributed by atoms with E-state index < -0.39 is 28.1 Å². The van der Waals surface area contributed by atoms with Crippen molar-refractivity contribution in [2.24, 2.45) is 5.92 Å². The van der Waals surface area contributed by atoms with E-state index in [4.69, 9.17) is 33.4 Å². The number of rotatable bonds is 2. The molecule has 0 radical (unpaired) electrons. The molecule has 0 aromatic carbocycles. The number of carboxylic acid groups (broad SMARTS) is 2. The van der Waals surface area contributed by atoms with Crippen LogP contribution >= 0.6 is 23.2 Å². The Morgan fingerprint density at radius 2 is 1.93 bits per heavy atom. The summed E-state index contributed by atoms with van der Waals surface area (Å²) < 4.78 is 0. The average molecular weight is 241 g/mol. The monoisotopic (exact) mass is 240 g/mol. The number of carbonyl (C=O) groups is 2. The second kappa shape index (κ2) is 3.95. The van der Waals surface area contributed by atoms with Gasteiger partial charge in [-0.25, -0.2) is 0 Å². The van der Waals surface area contributed by atoms with Crippen LogP contribution < -0.4 is 0 Å². The molecule has 4 nitrogen and oxygen atoms in total. The molecule has 1 aliphatic rings. The second-order valence-electron chi connectivity index (χ2n) is 3.44. The Kier molecular flexibility index (Phi) is 3.27. The minimum Gasteiger partial charge on any atom is -0.481 e. The van der Waals surface area contributed by atoms with E-state index in [2.05, 4.69) is 0 Å². The lowest BCUT2D eigenvalue weighted by atomic mass is 9.81. The molecule has 1 saturated carbocycles. The Morgan fingerprint density at radius 3 is 2.29 bits per heavy atom. The predicted octanol–water partition coefficient (Wildman–Crippen LogP) is 1.54. The molecule has 80 valence electrons. The van der Waals surface area contributed by atoms with Crippen molar-refractivity contribution < 1.29 is 19.8 Å². The summed E-state index contributed by atoms with van der Waals surface area (Å²) >= 11 is 11.6. The third-order valence-electron chi connectivity index (χ3n) is 2.55. The highest BCUT2D eigenvalue weighted by molar-refractivity contribution is 6.40. The number of hydrogen-bond donors (Lipinski definition) is 2. The molecule has 1 aliphatic carbocycles. The molecule has 0 aromatic rings. The molecule has 1 rings (SSSR count). The van der Waals surface area contributed by atoms with Crippen LogP contribution in [0.5, 0.6) is 0 Å². The Hall–Kier alpha value is -0.480. The molecule has 3 unspecified atom stereocenters. The third kappa shape index (κ3) is 1.96. The first-order valence-electron chi connectivity index (χ1n) is 4.17. The van der Waals surface area contributed by atoms with Gasteiger partial charge in [-0.3, -0.25) is 9.59 Å². The molecule has 0 amide bonds. The molecule has 0 bridgehead atoms. The maximum Gasteiger partial charge on any atom is 0.326 e. The van der Waals surface area contributed by atoms with Gasteiger partial charge in [0.25, 0.3) is 0 Å². The maximum atomic E-state index is 10.8. The highest BCUT2D eigenvalue weighted by Crippen LogP contribution is 2.40. The van der Waals surface area contributed by atoms with Gasteiger partial charge in [-0.2, -0.15) is 0 Å². The van der Waals surface area contributed by atoms with Crippen molar-refractivity contribution in [3.63, 3.8) is 0 Å². The largest absolute Gasteiger partial charge is 0.481 e. The highest BCUT2D eigenvalue weighted by Gasteiger charge is 2.48. The summed E-state index contributed by atoms with van der Waals surface area (Å²) in [6.45, 7) is 0. The summed E-state index contributed by atoms with van der Waals surface area (Å²) in [6, 6.07) is 0. The van der Waals surface area contributed by atoms with Gasteiger partial charge in [-0.15, -0.1) is 23.2 Å². The molecule has 2 N–H and O–H groups in total. The summed E-state index contributed by atoms with van der Waals surface area (Å²) in [7, 11) is 0. The Bertz CT molecular complexity index is 268. The summed E-state index contributed by atoms with van der Waals surface area (Å²) in [6.07, 6.45) is 0.454. The summed E-state index contributed by atoms with van der Waals surface area (Å²) in [4.78, 5) is 19.9. The maximum absolute atomic E-state index is 10.8. The summed E-state index contributed by atoms with van der Waals surface area (Å²) in [5, 5.41) is 16.7. The van der Waals surface area contributed by atoms with Crippen molar-refractivity contribution in [1.29, 1.82) is 0 Å². The van der Waals surface area contributed by atoms with Crippen LogP contribution in [-0.4, -0.2) is 32.4 Å². The fourth-order valence-corrected chi connectivity index (χ4v) is 2.18. The number of aliphatic carboxylic acids is 2. The van der Waals surface area contributed by atoms with Crippen LogP contribution in [0.2, 0.25) is 0 Å². The molecule has 3 atom stereocenters. The second-order valence-corrected chi connectivity index (χ2v) is 4.65. The van der Waals surface area contributed by atoms with Crippen LogP contribution in [0.25, 0.3) is 0 Å². The fraction of sp³-hybridized carbons (Fsp3) is 0.750. The van der Waals surface area contributed by atoms with Gasteiger partial charge in [0.05, 0.1) is 11.3 Å². The Labute approximate surface area is 90.8 Å². The number of carboxylic acids is 2. The van der Waals surface area contributed by atoms with Crippen molar-refractivity contribution in [2.75, 3.05) is 0 Å². The van der Waals surface area contributed by atoms with Crippen molar-refractivity contribution in [3.8, 4) is 0 Å². The molecular formula is C8H10Cl2O4. The molecular weight excluding hydrogens is 231 g/mol. The first-order valence-corrected chi connectivity index (χ1v) is 4.98. The molecule has 0 spiro atoms. The molecule has 0 saturated heterocycles. The van der Waals surface area contributed by atoms with E-state index in [1.807, 2.05) is 0 Å². The van der Waals surface area contributed by atoms with Crippen LogP contribution in [0.4, 0.5) is 0 Å². The zero-order valence-corrected chi connectivity index (χ0v) is 8.75. The van der Waals surface area contributed by atoms with E-state index in [1.165, 1.54) is 0 Å². The smallest absolute Gasteiger partial charge is 0.326 e. The predicted molar refractivity (Wildman–Crippen MR) is 50.8 cm³/mol. The molecule has 0 aromatic heterocycles. The SMILES string of the molecule is O=C(O)C1CCC(Cl)(C(=O)O)C(Cl)C1. The average Bonchev–Trinajstić information content (AvgIpc) is 2.09. The van der Waals surface area contributed by atoms with E-state index >= 15 is 0 Å². The van der Waals surface area contributed by atoms with Crippen LogP contribution in [0.15, 0.2) is 0 Å². The van der Waals surface area contributed by atoms with E-state index in [0.29, 0.717) is 0 Å². The third-order valence-corrected chi connectivity index (χ3v) is 3.83. The lowest BCUT2D eigenvalue weighted by Crippen LogP contribution is -2.47. The zero-order chi connectivity index (χ0) is 10.9. The standard InChI is InChI=1S/C8H10Cl2O4/c9-5-3-4(6(11)12)1-2-8(5,10)7(13)14/h4-5H,1-3H2,(H,11,12)(H,13,14). The van der Waals surface area contributed by atoms with Crippen molar-refractivity contribution in [2.45, 2.75) is 29.5 Å². The first-order chi connectivity index (χ1) is 6.38. The molecule has 6 heteroatoms. The molecule has 0 aliphatic heterocycles. The van der Waals surface area contributed by atoms with Gasteiger partial charge in [0.1, 0.15) is 0 Å². The number of halogens is 2. The fourth-order valence-electron chi connectivity index (χ4n) is 1.56. The molecule has 1 fully saturated rings. The Morgan fingerprint density at radius 1 is 1.36 bits per heavy atom. The van der Waals surface area contributed by atoms with Gasteiger partial charge in [-0.05, 0) is 19.3 Å². The number of hydrogen-bond acceptors (Lipinski definition) is 2. The van der Waals surface area contributed by atoms with Crippen LogP contribution in [0, 0.1) is 5.92 Å². The highest BCUT2D eigenvalue weighted by atomic mass is 35.5. The van der Waals surface area contributed by atoms with Crippen molar-refractivity contribution in [3.05, 3.63) is 0 Å². The van der Waals surface area contributed by atoms with E-state index in [1.54, 1.807) is 0 Å². The lowest BCUT2D eigenvalue weighted by Gasteiger charge is -2.34. The van der Waals surface area contributed by atoms with Crippen molar-refractivity contribution >= 4 is 35.1 Å². The van der Waals surface area contributed by atoms with Gasteiger partial charge in [0, 0.05) is 0 Å². The summed E-state index contributed by atoms with van der Waals surface area (Å²) in [5.41, 5.74) is 0. The van der Waals surface area contributed by atoms with Gasteiger partial charge in [-0.1, -0.05) is 0 Å². The Balaban J connectivity index is 2.74. The molecule has 14 heavy (non-hydrogen) atoms. The van der Waals surface area contributed by atoms with Crippen LogP contribution in [0.3, 0.4) is 0 Å². The normalized spacial score (nSPS) is 37.9. The van der Waals surface area contributed by atoms with Crippen LogP contribution in [-0.2, 0) is 9.59 Å². The first kappa shape index (κ1) is 11.6. The zero-order valence-electron chi connectivity index (χ0n) is 7.24. The lowest BCUT2D eigenvalue weighted by molar-refractivity contribution is -0.146. The van der Waals surface area contributed by atoms with E-state index in [-0.39, 0.29) is 19.3 Å². The van der Waals surface area contributed by atoms with Gasteiger partial charge < -0.3 is 10.2 Å².